The summed E-state index contributed by atoms with van der Waals surface area (Å²) in [4.78, 5) is 18.3. The minimum atomic E-state index is -0.144. The molecule has 0 N–H and O–H groups in total. The summed E-state index contributed by atoms with van der Waals surface area (Å²) in [5.41, 5.74) is 6.22. The number of aryl methyl sites for hydroxylation is 3. The summed E-state index contributed by atoms with van der Waals surface area (Å²) >= 11 is 0. The van der Waals surface area contributed by atoms with Gasteiger partial charge in [0.2, 0.25) is 6.79 Å². The van der Waals surface area contributed by atoms with Crippen LogP contribution in [0.4, 0.5) is 5.69 Å². The fourth-order valence-corrected chi connectivity index (χ4v) is 4.38. The maximum Gasteiger partial charge on any atom is 0.330 e. The van der Waals surface area contributed by atoms with E-state index in [1.807, 2.05) is 39.0 Å². The predicted octanol–water partition coefficient (Wildman–Crippen LogP) is 3.69. The molecule has 0 radical (unpaired) electrons. The van der Waals surface area contributed by atoms with Gasteiger partial charge in [0.1, 0.15) is 17.8 Å². The predicted molar refractivity (Wildman–Crippen MR) is 117 cm³/mol. The molecular weight excluding hydrogens is 394 g/mol. The van der Waals surface area contributed by atoms with Crippen LogP contribution in [0.25, 0.3) is 11.3 Å². The van der Waals surface area contributed by atoms with Gasteiger partial charge in [0, 0.05) is 24.7 Å². The molecule has 1 unspecified atom stereocenters. The Bertz CT molecular complexity index is 1330. The third-order valence-corrected chi connectivity index (χ3v) is 5.90. The van der Waals surface area contributed by atoms with Crippen molar-refractivity contribution >= 4 is 5.69 Å². The molecule has 0 spiro atoms. The molecule has 31 heavy (non-hydrogen) atoms. The molecule has 2 aromatic carbocycles. The highest BCUT2D eigenvalue weighted by molar-refractivity contribution is 5.73. The first-order chi connectivity index (χ1) is 14.8. The molecule has 0 saturated heterocycles. The first-order valence-corrected chi connectivity index (χ1v) is 10.4. The molecule has 0 saturated carbocycles. The zero-order valence-electron chi connectivity index (χ0n) is 18.4. The van der Waals surface area contributed by atoms with Crippen LogP contribution >= 0.6 is 0 Å². The van der Waals surface area contributed by atoms with Gasteiger partial charge >= 0.3 is 5.69 Å². The molecule has 3 heterocycles. The van der Waals surface area contributed by atoms with Crippen molar-refractivity contribution in [2.24, 2.45) is 12.0 Å². The van der Waals surface area contributed by atoms with Gasteiger partial charge in [-0.2, -0.15) is 0 Å². The topological polar surface area (TPSA) is 67.0 Å². The van der Waals surface area contributed by atoms with E-state index in [0.717, 1.165) is 28.1 Å². The Morgan fingerprint density at radius 1 is 0.935 bits per heavy atom. The molecule has 2 aliphatic heterocycles. The summed E-state index contributed by atoms with van der Waals surface area (Å²) in [5.74, 6) is 1.97. The first kappa shape index (κ1) is 19.5. The second-order valence-corrected chi connectivity index (χ2v) is 8.32. The Balaban J connectivity index is 1.81. The van der Waals surface area contributed by atoms with Gasteiger partial charge < -0.3 is 14.2 Å². The van der Waals surface area contributed by atoms with Crippen LogP contribution in [0.5, 0.6) is 17.2 Å². The van der Waals surface area contributed by atoms with Gasteiger partial charge in [0.05, 0.1) is 17.4 Å². The van der Waals surface area contributed by atoms with Crippen LogP contribution in [-0.2, 0) is 7.05 Å². The molecule has 1 aromatic heterocycles. The summed E-state index contributed by atoms with van der Waals surface area (Å²) < 4.78 is 20.5. The smallest absolute Gasteiger partial charge is 0.330 e. The number of hydrogen-bond acceptors (Lipinski definition) is 5. The fourth-order valence-electron chi connectivity index (χ4n) is 4.38. The van der Waals surface area contributed by atoms with E-state index in [9.17, 15) is 4.79 Å². The molecule has 5 rings (SSSR count). The van der Waals surface area contributed by atoms with E-state index in [1.54, 1.807) is 16.2 Å². The number of hydrogen-bond donors (Lipinski definition) is 0. The molecule has 7 nitrogen and oxygen atoms in total. The van der Waals surface area contributed by atoms with E-state index in [1.165, 1.54) is 5.56 Å². The Morgan fingerprint density at radius 3 is 2.32 bits per heavy atom. The second kappa shape index (κ2) is 7.04. The lowest BCUT2D eigenvalue weighted by Crippen LogP contribution is -2.40. The molecule has 0 bridgehead atoms. The highest BCUT2D eigenvalue weighted by Gasteiger charge is 2.26. The van der Waals surface area contributed by atoms with Crippen molar-refractivity contribution in [2.75, 3.05) is 13.4 Å². The summed E-state index contributed by atoms with van der Waals surface area (Å²) in [6.07, 6.45) is 0. The van der Waals surface area contributed by atoms with Crippen molar-refractivity contribution < 1.29 is 14.2 Å². The van der Waals surface area contributed by atoms with Crippen molar-refractivity contribution in [3.8, 4) is 28.5 Å². The first-order valence-electron chi connectivity index (χ1n) is 10.4. The lowest BCUT2D eigenvalue weighted by atomic mass is 10.1. The maximum absolute atomic E-state index is 13.4. The van der Waals surface area contributed by atoms with Crippen molar-refractivity contribution in [2.45, 2.75) is 33.7 Å². The Hall–Kier alpha value is -3.48. The van der Waals surface area contributed by atoms with Crippen LogP contribution in [-0.4, -0.2) is 22.5 Å². The Kier molecular flexibility index (Phi) is 4.43. The number of ether oxygens (including phenoxy) is 3. The van der Waals surface area contributed by atoms with Gasteiger partial charge in [-0.1, -0.05) is 17.7 Å². The van der Waals surface area contributed by atoms with Crippen LogP contribution in [0.15, 0.2) is 40.1 Å². The standard InChI is InChI=1S/C24H25N3O4/c1-13-6-14(2)23(15(3)7-13)25-22-9-18-17-8-20-21(31-12-30-20)10-19(17)29-11-16(4)27(18)24(28)26(22)5/h6-10,16H,11-12H2,1-5H3. The minimum Gasteiger partial charge on any atom is -0.491 e. The molecule has 3 aromatic rings. The molecule has 0 fully saturated rings. The number of benzene rings is 2. The summed E-state index contributed by atoms with van der Waals surface area (Å²) in [6, 6.07) is 9.74. The van der Waals surface area contributed by atoms with Crippen LogP contribution in [0.1, 0.15) is 29.7 Å². The van der Waals surface area contributed by atoms with Crippen molar-refractivity contribution in [1.29, 1.82) is 0 Å². The molecule has 0 aliphatic carbocycles. The monoisotopic (exact) mass is 419 g/mol. The van der Waals surface area contributed by atoms with E-state index < -0.39 is 0 Å². The van der Waals surface area contributed by atoms with E-state index in [4.69, 9.17) is 19.2 Å². The van der Waals surface area contributed by atoms with Gasteiger partial charge in [-0.15, -0.1) is 0 Å². The van der Waals surface area contributed by atoms with E-state index in [0.29, 0.717) is 29.3 Å². The average molecular weight is 419 g/mol. The maximum atomic E-state index is 13.4. The quantitative estimate of drug-likeness (QED) is 0.603. The lowest BCUT2D eigenvalue weighted by molar-refractivity contribution is 0.173. The molecule has 7 heteroatoms. The fraction of sp³-hybridized carbons (Fsp3) is 0.333. The highest BCUT2D eigenvalue weighted by atomic mass is 16.7. The van der Waals surface area contributed by atoms with Crippen molar-refractivity contribution in [3.63, 3.8) is 0 Å². The third kappa shape index (κ3) is 3.12. The van der Waals surface area contributed by atoms with Crippen LogP contribution in [0.3, 0.4) is 0 Å². The van der Waals surface area contributed by atoms with Crippen molar-refractivity contribution in [1.82, 2.24) is 9.13 Å². The minimum absolute atomic E-state index is 0.139. The molecule has 2 aliphatic rings. The highest BCUT2D eigenvalue weighted by Crippen LogP contribution is 2.43. The third-order valence-electron chi connectivity index (χ3n) is 5.90. The average Bonchev–Trinajstić information content (AvgIpc) is 3.13. The van der Waals surface area contributed by atoms with E-state index >= 15 is 0 Å². The van der Waals surface area contributed by atoms with Crippen LogP contribution in [0, 0.1) is 20.8 Å². The Labute approximate surface area is 180 Å². The molecule has 1 atom stereocenters. The largest absolute Gasteiger partial charge is 0.491 e. The molecular formula is C24H25N3O4. The molecule has 160 valence electrons. The summed E-state index contributed by atoms with van der Waals surface area (Å²) in [6.45, 7) is 8.69. The van der Waals surface area contributed by atoms with Gasteiger partial charge in [-0.05, 0) is 44.9 Å². The van der Waals surface area contributed by atoms with Gasteiger partial charge in [0.15, 0.2) is 11.5 Å². The number of rotatable bonds is 1. The number of fused-ring (bicyclic) bond motifs is 4. The zero-order chi connectivity index (χ0) is 21.9. The summed E-state index contributed by atoms with van der Waals surface area (Å²) in [5, 5.41) is 0. The van der Waals surface area contributed by atoms with Crippen molar-refractivity contribution in [3.05, 3.63) is 63.0 Å². The van der Waals surface area contributed by atoms with Gasteiger partial charge in [-0.3, -0.25) is 9.13 Å². The normalized spacial score (nSPS) is 17.1. The van der Waals surface area contributed by atoms with Crippen LogP contribution in [0.2, 0.25) is 0 Å². The van der Waals surface area contributed by atoms with Gasteiger partial charge in [-0.25, -0.2) is 9.79 Å². The SMILES string of the molecule is Cc1cc(C)c(N=c2cc3n(c(=O)n2C)C(C)COc2cc4c(cc2-3)OCO4)c(C)c1. The van der Waals surface area contributed by atoms with Gasteiger partial charge in [0.25, 0.3) is 0 Å². The number of nitrogens with zero attached hydrogens (tertiary/aromatic N) is 3. The van der Waals surface area contributed by atoms with Crippen LogP contribution < -0.4 is 25.4 Å². The van der Waals surface area contributed by atoms with E-state index in [-0.39, 0.29) is 18.5 Å². The van der Waals surface area contributed by atoms with E-state index in [2.05, 4.69) is 19.1 Å². The Morgan fingerprint density at radius 2 is 1.61 bits per heavy atom. The second-order valence-electron chi connectivity index (χ2n) is 8.32. The summed E-state index contributed by atoms with van der Waals surface area (Å²) in [7, 11) is 1.76. The lowest BCUT2D eigenvalue weighted by Gasteiger charge is -2.17. The zero-order valence-corrected chi connectivity index (χ0v) is 18.4. The molecule has 0 amide bonds. The number of aromatic nitrogens is 2.